The number of rotatable bonds is 6. The molecule has 2 saturated carbocycles. The number of methoxy groups -OCH3 is 1. The van der Waals surface area contributed by atoms with E-state index >= 15 is 0 Å². The van der Waals surface area contributed by atoms with Crippen molar-refractivity contribution >= 4 is 40.4 Å². The fraction of sp³-hybridized carbons (Fsp3) is 0.429. The number of nitrogens with one attached hydrogen (secondary N) is 1. The summed E-state index contributed by atoms with van der Waals surface area (Å²) in [4.78, 5) is 29.4. The van der Waals surface area contributed by atoms with Crippen LogP contribution < -0.4 is 19.8 Å². The first-order chi connectivity index (χ1) is 17.4. The lowest BCUT2D eigenvalue weighted by Gasteiger charge is -2.40. The highest BCUT2D eigenvalue weighted by Gasteiger charge is 2.55. The van der Waals surface area contributed by atoms with Crippen LogP contribution in [-0.2, 0) is 11.3 Å². The average molecular weight is 522 g/mol. The van der Waals surface area contributed by atoms with E-state index in [1.54, 1.807) is 11.7 Å². The first-order valence-electron chi connectivity index (χ1n) is 12.5. The van der Waals surface area contributed by atoms with Gasteiger partial charge in [-0.1, -0.05) is 23.5 Å². The molecule has 3 aromatic rings. The number of aromatic nitrogens is 1. The Balaban J connectivity index is 1.33. The Bertz CT molecular complexity index is 1330. The molecule has 1 aliphatic heterocycles. The van der Waals surface area contributed by atoms with Crippen LogP contribution in [0.3, 0.4) is 0 Å². The van der Waals surface area contributed by atoms with Crippen molar-refractivity contribution in [3.63, 3.8) is 0 Å². The molecule has 2 fully saturated rings. The maximum Gasteiger partial charge on any atom is 0.308 e. The highest BCUT2D eigenvalue weighted by atomic mass is 32.2. The van der Waals surface area contributed by atoms with Crippen molar-refractivity contribution in [3.8, 4) is 5.75 Å². The molecule has 2 aromatic carbocycles. The summed E-state index contributed by atoms with van der Waals surface area (Å²) in [7, 11) is 5.72. The monoisotopic (exact) mass is 521 g/mol. The molecule has 188 valence electrons. The molecule has 0 spiro atoms. The lowest BCUT2D eigenvalue weighted by molar-refractivity contribution is -0.116. The van der Waals surface area contributed by atoms with E-state index in [-0.39, 0.29) is 23.2 Å². The summed E-state index contributed by atoms with van der Waals surface area (Å²) in [6, 6.07) is 16.1. The van der Waals surface area contributed by atoms with Crippen LogP contribution in [0.25, 0.3) is 0 Å². The van der Waals surface area contributed by atoms with E-state index in [9.17, 15) is 9.59 Å². The SMILES string of the molecule is COc1ccc(NC(=O)Cn2c3c(sc2=O)[C@@H](c2ccc(N(C)C)cc2)C2C4CCC(C4)C2S3)cc1. The molecule has 1 aromatic heterocycles. The summed E-state index contributed by atoms with van der Waals surface area (Å²) in [5, 5.41) is 4.45. The van der Waals surface area contributed by atoms with Gasteiger partial charge in [-0.25, -0.2) is 0 Å². The Labute approximate surface area is 219 Å². The largest absolute Gasteiger partial charge is 0.497 e. The molecule has 3 aliphatic rings. The first kappa shape index (κ1) is 23.7. The molecule has 2 bridgehead atoms. The minimum Gasteiger partial charge on any atom is -0.497 e. The average Bonchev–Trinajstić information content (AvgIpc) is 3.57. The molecule has 36 heavy (non-hydrogen) atoms. The van der Waals surface area contributed by atoms with Crippen molar-refractivity contribution < 1.29 is 9.53 Å². The number of ether oxygens (including phenoxy) is 1. The number of fused-ring (bicyclic) bond motifs is 6. The Morgan fingerprint density at radius 2 is 1.81 bits per heavy atom. The van der Waals surface area contributed by atoms with Crippen LogP contribution in [0.2, 0.25) is 0 Å². The van der Waals surface area contributed by atoms with Crippen molar-refractivity contribution in [2.24, 2.45) is 17.8 Å². The number of thioether (sulfide) groups is 1. The van der Waals surface area contributed by atoms with Crippen molar-refractivity contribution in [2.45, 2.75) is 42.0 Å². The van der Waals surface area contributed by atoms with Crippen LogP contribution in [0, 0.1) is 17.8 Å². The molecule has 1 amide bonds. The van der Waals surface area contributed by atoms with Gasteiger partial charge in [-0.15, -0.1) is 11.8 Å². The zero-order chi connectivity index (χ0) is 25.0. The fourth-order valence-electron chi connectivity index (χ4n) is 6.46. The molecule has 6 rings (SSSR count). The third-order valence-electron chi connectivity index (χ3n) is 8.13. The van der Waals surface area contributed by atoms with Crippen LogP contribution >= 0.6 is 23.1 Å². The van der Waals surface area contributed by atoms with E-state index in [1.165, 1.54) is 41.9 Å². The fourth-order valence-corrected chi connectivity index (χ4v) is 9.61. The second kappa shape index (κ2) is 9.30. The molecule has 5 atom stereocenters. The molecule has 6 nitrogen and oxygen atoms in total. The number of hydrogen-bond donors (Lipinski definition) is 1. The number of carbonyl (C=O) groups excluding carboxylic acids is 1. The van der Waals surface area contributed by atoms with E-state index in [4.69, 9.17) is 4.74 Å². The predicted octanol–water partition coefficient (Wildman–Crippen LogP) is 5.28. The minimum atomic E-state index is -0.189. The minimum absolute atomic E-state index is 0.0292. The number of anilines is 2. The number of benzene rings is 2. The summed E-state index contributed by atoms with van der Waals surface area (Å²) in [5.41, 5.74) is 3.16. The van der Waals surface area contributed by atoms with Crippen LogP contribution in [-0.4, -0.2) is 36.9 Å². The van der Waals surface area contributed by atoms with Gasteiger partial charge < -0.3 is 15.0 Å². The number of hydrogen-bond acceptors (Lipinski definition) is 6. The van der Waals surface area contributed by atoms with Crippen LogP contribution in [0.15, 0.2) is 58.4 Å². The Hall–Kier alpha value is -2.71. The zero-order valence-corrected chi connectivity index (χ0v) is 22.4. The van der Waals surface area contributed by atoms with Gasteiger partial charge in [0.2, 0.25) is 5.91 Å². The second-order valence-electron chi connectivity index (χ2n) is 10.4. The van der Waals surface area contributed by atoms with Crippen molar-refractivity contribution in [3.05, 3.63) is 68.6 Å². The van der Waals surface area contributed by atoms with Gasteiger partial charge in [-0.05, 0) is 79.0 Å². The van der Waals surface area contributed by atoms with Crippen molar-refractivity contribution in [2.75, 3.05) is 31.4 Å². The molecule has 1 N–H and O–H groups in total. The Kier molecular flexibility index (Phi) is 6.12. The molecule has 4 unspecified atom stereocenters. The maximum absolute atomic E-state index is 13.3. The van der Waals surface area contributed by atoms with E-state index in [0.29, 0.717) is 22.8 Å². The maximum atomic E-state index is 13.3. The summed E-state index contributed by atoms with van der Waals surface area (Å²) < 4.78 is 6.91. The summed E-state index contributed by atoms with van der Waals surface area (Å²) in [6.45, 7) is 0.0292. The van der Waals surface area contributed by atoms with Crippen molar-refractivity contribution in [1.82, 2.24) is 4.57 Å². The van der Waals surface area contributed by atoms with Gasteiger partial charge in [0.15, 0.2) is 0 Å². The van der Waals surface area contributed by atoms with E-state index in [2.05, 4.69) is 48.6 Å². The van der Waals surface area contributed by atoms with Gasteiger partial charge in [0, 0.05) is 41.5 Å². The molecular formula is C28H31N3O3S2. The molecule has 0 saturated heterocycles. The number of amides is 1. The van der Waals surface area contributed by atoms with E-state index in [0.717, 1.165) is 21.6 Å². The zero-order valence-electron chi connectivity index (χ0n) is 20.8. The topological polar surface area (TPSA) is 63.6 Å². The van der Waals surface area contributed by atoms with Gasteiger partial charge in [0.1, 0.15) is 12.3 Å². The number of carbonyl (C=O) groups is 1. The smallest absolute Gasteiger partial charge is 0.308 e. The summed E-state index contributed by atoms with van der Waals surface area (Å²) in [6.07, 6.45) is 3.88. The lowest BCUT2D eigenvalue weighted by Crippen LogP contribution is -2.34. The molecule has 2 aliphatic carbocycles. The Morgan fingerprint density at radius 3 is 2.50 bits per heavy atom. The number of nitrogens with zero attached hydrogens (tertiary/aromatic N) is 2. The summed E-state index contributed by atoms with van der Waals surface area (Å²) in [5.74, 6) is 2.76. The van der Waals surface area contributed by atoms with Crippen LogP contribution in [0.5, 0.6) is 5.75 Å². The molecule has 2 heterocycles. The highest BCUT2D eigenvalue weighted by molar-refractivity contribution is 8.00. The van der Waals surface area contributed by atoms with Crippen LogP contribution in [0.4, 0.5) is 11.4 Å². The second-order valence-corrected chi connectivity index (χ2v) is 12.5. The lowest BCUT2D eigenvalue weighted by atomic mass is 9.75. The standard InChI is InChI=1S/C28H31N3O3S2/c1-30(2)20-10-6-16(7-11-20)23-24-17-4-5-18(14-17)25(24)35-27-26(23)36-28(33)31(27)15-22(32)29-19-8-12-21(34-3)13-9-19/h6-13,17-18,23-25H,4-5,14-15H2,1-3H3,(H,29,32)/t17?,18?,23-,24?,25?/m0/s1. The van der Waals surface area contributed by atoms with Gasteiger partial charge in [0.05, 0.1) is 12.1 Å². The van der Waals surface area contributed by atoms with Crippen LogP contribution in [0.1, 0.15) is 35.6 Å². The Morgan fingerprint density at radius 1 is 1.08 bits per heavy atom. The normalized spacial score (nSPS) is 25.8. The van der Waals surface area contributed by atoms with E-state index < -0.39 is 0 Å². The predicted molar refractivity (Wildman–Crippen MR) is 147 cm³/mol. The molecule has 0 radical (unpaired) electrons. The summed E-state index contributed by atoms with van der Waals surface area (Å²) >= 11 is 3.21. The quantitative estimate of drug-likeness (QED) is 0.479. The molecule has 8 heteroatoms. The molecular weight excluding hydrogens is 490 g/mol. The third kappa shape index (κ3) is 4.04. The first-order valence-corrected chi connectivity index (χ1v) is 14.2. The van der Waals surface area contributed by atoms with E-state index in [1.807, 2.05) is 36.0 Å². The van der Waals surface area contributed by atoms with Crippen molar-refractivity contribution in [1.29, 1.82) is 0 Å². The van der Waals surface area contributed by atoms with Gasteiger partial charge in [-0.2, -0.15) is 0 Å². The van der Waals surface area contributed by atoms with Gasteiger partial charge in [-0.3, -0.25) is 14.2 Å². The third-order valence-corrected chi connectivity index (χ3v) is 11.0. The number of thiazole rings is 1. The highest BCUT2D eigenvalue weighted by Crippen LogP contribution is 2.64. The van der Waals surface area contributed by atoms with Gasteiger partial charge in [0.25, 0.3) is 0 Å². The van der Waals surface area contributed by atoms with Gasteiger partial charge >= 0.3 is 4.87 Å².